The van der Waals surface area contributed by atoms with Crippen molar-refractivity contribution in [3.8, 4) is 6.07 Å². The molecule has 1 aromatic heterocycles. The van der Waals surface area contributed by atoms with Crippen molar-refractivity contribution in [2.45, 2.75) is 30.8 Å². The second kappa shape index (κ2) is 5.44. The van der Waals surface area contributed by atoms with Crippen molar-refractivity contribution < 1.29 is 0 Å². The molecule has 1 saturated carbocycles. The molecule has 1 heterocycles. The molecule has 1 aromatic carbocycles. The largest absolute Gasteiger partial charge is 0.310 e. The van der Waals surface area contributed by atoms with Crippen molar-refractivity contribution in [3.05, 3.63) is 66.0 Å². The first-order valence-corrected chi connectivity index (χ1v) is 6.91. The third-order valence-corrected chi connectivity index (χ3v) is 4.07. The lowest BCUT2D eigenvalue weighted by atomic mass is 9.62. The van der Waals surface area contributed by atoms with Crippen molar-refractivity contribution in [1.29, 1.82) is 5.26 Å². The maximum absolute atomic E-state index is 9.51. The maximum Gasteiger partial charge on any atom is 0.0852 e. The molecule has 0 bridgehead atoms. The fourth-order valence-corrected chi connectivity index (χ4v) is 2.84. The summed E-state index contributed by atoms with van der Waals surface area (Å²) in [7, 11) is 0. The smallest absolute Gasteiger partial charge is 0.0852 e. The van der Waals surface area contributed by atoms with Gasteiger partial charge in [-0.2, -0.15) is 5.26 Å². The quantitative estimate of drug-likeness (QED) is 0.922. The van der Waals surface area contributed by atoms with E-state index < -0.39 is 0 Å². The van der Waals surface area contributed by atoms with Crippen LogP contribution < -0.4 is 5.32 Å². The Morgan fingerprint density at radius 3 is 2.50 bits per heavy atom. The highest BCUT2D eigenvalue weighted by Crippen LogP contribution is 2.43. The molecule has 3 rings (SSSR count). The third-order valence-electron chi connectivity index (χ3n) is 4.07. The number of nitriles is 1. The molecule has 0 amide bonds. The average molecular weight is 263 g/mol. The summed E-state index contributed by atoms with van der Waals surface area (Å²) in [6.07, 6.45) is 5.39. The van der Waals surface area contributed by atoms with E-state index in [0.717, 1.165) is 24.9 Å². The minimum atomic E-state index is -0.294. The van der Waals surface area contributed by atoms with Gasteiger partial charge < -0.3 is 5.32 Å². The number of nitrogens with zero attached hydrogens (tertiary/aromatic N) is 2. The van der Waals surface area contributed by atoms with Gasteiger partial charge in [0.25, 0.3) is 0 Å². The second-order valence-electron chi connectivity index (χ2n) is 5.40. The molecule has 0 unspecified atom stereocenters. The predicted octanol–water partition coefficient (Wildman–Crippen LogP) is 2.80. The van der Waals surface area contributed by atoms with E-state index in [1.54, 1.807) is 12.4 Å². The van der Waals surface area contributed by atoms with E-state index in [4.69, 9.17) is 0 Å². The first kappa shape index (κ1) is 12.8. The predicted molar refractivity (Wildman–Crippen MR) is 77.8 cm³/mol. The van der Waals surface area contributed by atoms with Crippen molar-refractivity contribution in [3.63, 3.8) is 0 Å². The summed E-state index contributed by atoms with van der Waals surface area (Å²) in [6.45, 7) is 0.837. The van der Waals surface area contributed by atoms with Gasteiger partial charge in [0.2, 0.25) is 0 Å². The lowest BCUT2D eigenvalue weighted by molar-refractivity contribution is 0.225. The summed E-state index contributed by atoms with van der Waals surface area (Å²) in [5, 5.41) is 13.0. The number of hydrogen-bond acceptors (Lipinski definition) is 3. The zero-order valence-electron chi connectivity index (χ0n) is 11.3. The summed E-state index contributed by atoms with van der Waals surface area (Å²) in [5.74, 6) is 0. The highest BCUT2D eigenvalue weighted by molar-refractivity contribution is 5.36. The Morgan fingerprint density at radius 1 is 1.15 bits per heavy atom. The first-order valence-electron chi connectivity index (χ1n) is 6.91. The molecule has 1 fully saturated rings. The average Bonchev–Trinajstić information content (AvgIpc) is 2.48. The zero-order valence-corrected chi connectivity index (χ0v) is 11.3. The topological polar surface area (TPSA) is 48.7 Å². The van der Waals surface area contributed by atoms with Crippen LogP contribution in [0.3, 0.4) is 0 Å². The number of benzene rings is 1. The lowest BCUT2D eigenvalue weighted by Crippen LogP contribution is -2.50. The fraction of sp³-hybridized carbons (Fsp3) is 0.294. The molecule has 0 aliphatic heterocycles. The van der Waals surface area contributed by atoms with Gasteiger partial charge >= 0.3 is 0 Å². The third kappa shape index (κ3) is 2.43. The van der Waals surface area contributed by atoms with Crippen LogP contribution in [0.25, 0.3) is 0 Å². The Bertz CT molecular complexity index is 595. The van der Waals surface area contributed by atoms with Gasteiger partial charge in [-0.15, -0.1) is 0 Å². The van der Waals surface area contributed by atoms with Gasteiger partial charge in [-0.1, -0.05) is 30.3 Å². The maximum atomic E-state index is 9.51. The van der Waals surface area contributed by atoms with E-state index in [1.807, 2.05) is 30.3 Å². The Kier molecular flexibility index (Phi) is 3.49. The molecule has 20 heavy (non-hydrogen) atoms. The molecule has 0 spiro atoms. The van der Waals surface area contributed by atoms with Crippen LogP contribution in [0.1, 0.15) is 24.0 Å². The van der Waals surface area contributed by atoms with Gasteiger partial charge in [-0.3, -0.25) is 4.98 Å². The summed E-state index contributed by atoms with van der Waals surface area (Å²) < 4.78 is 0. The molecule has 2 aromatic rings. The Balaban J connectivity index is 1.59. The fourth-order valence-electron chi connectivity index (χ4n) is 2.84. The molecule has 1 aliphatic rings. The van der Waals surface area contributed by atoms with E-state index in [9.17, 15) is 5.26 Å². The SMILES string of the molecule is N#CC1(c2ccccc2)CC(NCc2ccncc2)C1. The minimum absolute atomic E-state index is 0.294. The van der Waals surface area contributed by atoms with Crippen LogP contribution in [0.15, 0.2) is 54.9 Å². The lowest BCUT2D eigenvalue weighted by Gasteiger charge is -2.43. The van der Waals surface area contributed by atoms with Crippen LogP contribution >= 0.6 is 0 Å². The highest BCUT2D eigenvalue weighted by atomic mass is 14.9. The minimum Gasteiger partial charge on any atom is -0.310 e. The van der Waals surface area contributed by atoms with E-state index in [1.165, 1.54) is 5.56 Å². The summed E-state index contributed by atoms with van der Waals surface area (Å²) in [4.78, 5) is 4.01. The summed E-state index contributed by atoms with van der Waals surface area (Å²) in [6, 6.07) is 17.1. The standard InChI is InChI=1S/C17H17N3/c18-13-17(15-4-2-1-3-5-15)10-16(11-17)20-12-14-6-8-19-9-7-14/h1-9,16,20H,10-12H2. The van der Waals surface area contributed by atoms with E-state index in [0.29, 0.717) is 6.04 Å². The molecule has 0 radical (unpaired) electrons. The van der Waals surface area contributed by atoms with Crippen molar-refractivity contribution in [2.24, 2.45) is 0 Å². The number of hydrogen-bond donors (Lipinski definition) is 1. The number of pyridine rings is 1. The molecule has 100 valence electrons. The van der Waals surface area contributed by atoms with E-state index in [-0.39, 0.29) is 5.41 Å². The molecule has 3 heteroatoms. The molecule has 0 saturated heterocycles. The van der Waals surface area contributed by atoms with Gasteiger partial charge in [-0.05, 0) is 36.1 Å². The number of rotatable bonds is 4. The van der Waals surface area contributed by atoms with Crippen molar-refractivity contribution in [2.75, 3.05) is 0 Å². The van der Waals surface area contributed by atoms with Gasteiger partial charge in [0.15, 0.2) is 0 Å². The van der Waals surface area contributed by atoms with Crippen LogP contribution in [0.2, 0.25) is 0 Å². The number of aromatic nitrogens is 1. The van der Waals surface area contributed by atoms with E-state index in [2.05, 4.69) is 28.5 Å². The zero-order chi connectivity index (χ0) is 13.8. The Morgan fingerprint density at radius 2 is 1.85 bits per heavy atom. The molecule has 0 atom stereocenters. The Labute approximate surface area is 119 Å². The first-order chi connectivity index (χ1) is 9.82. The molecule has 3 nitrogen and oxygen atoms in total. The van der Waals surface area contributed by atoms with Gasteiger partial charge in [0.1, 0.15) is 0 Å². The molecular weight excluding hydrogens is 246 g/mol. The summed E-state index contributed by atoms with van der Waals surface area (Å²) in [5.41, 5.74) is 2.08. The highest BCUT2D eigenvalue weighted by Gasteiger charge is 2.45. The van der Waals surface area contributed by atoms with Crippen LogP contribution in [-0.4, -0.2) is 11.0 Å². The number of nitrogens with one attached hydrogen (secondary N) is 1. The molecule has 1 N–H and O–H groups in total. The van der Waals surface area contributed by atoms with E-state index >= 15 is 0 Å². The monoisotopic (exact) mass is 263 g/mol. The van der Waals surface area contributed by atoms with Crippen LogP contribution in [-0.2, 0) is 12.0 Å². The second-order valence-corrected chi connectivity index (χ2v) is 5.40. The normalized spacial score (nSPS) is 24.6. The molecular formula is C17H17N3. The van der Waals surface area contributed by atoms with Gasteiger partial charge in [0, 0.05) is 25.0 Å². The van der Waals surface area contributed by atoms with Crippen molar-refractivity contribution in [1.82, 2.24) is 10.3 Å². The van der Waals surface area contributed by atoms with Crippen LogP contribution in [0.4, 0.5) is 0 Å². The van der Waals surface area contributed by atoms with Crippen molar-refractivity contribution >= 4 is 0 Å². The van der Waals surface area contributed by atoms with Gasteiger partial charge in [0.05, 0.1) is 11.5 Å². The summed E-state index contributed by atoms with van der Waals surface area (Å²) >= 11 is 0. The van der Waals surface area contributed by atoms with Crippen LogP contribution in [0.5, 0.6) is 0 Å². The Hall–Kier alpha value is -2.18. The van der Waals surface area contributed by atoms with Crippen LogP contribution in [0, 0.1) is 11.3 Å². The van der Waals surface area contributed by atoms with Gasteiger partial charge in [-0.25, -0.2) is 0 Å². The molecule has 1 aliphatic carbocycles.